The fourth-order valence-electron chi connectivity index (χ4n) is 2.48. The zero-order valence-corrected chi connectivity index (χ0v) is 11.8. The molecule has 0 spiro atoms. The second kappa shape index (κ2) is 6.39. The number of hydrogen-bond donors (Lipinski definition) is 2. The minimum absolute atomic E-state index is 0.0695. The Balaban J connectivity index is 2.21. The molecule has 1 fully saturated rings. The predicted molar refractivity (Wildman–Crippen MR) is 71.8 cm³/mol. The number of carbonyl (C=O) groups is 1. The summed E-state index contributed by atoms with van der Waals surface area (Å²) in [5.41, 5.74) is 0.514. The van der Waals surface area contributed by atoms with Crippen LogP contribution in [0.3, 0.4) is 0 Å². The fraction of sp³-hybridized carbons (Fsp3) is 0.929. The van der Waals surface area contributed by atoms with Gasteiger partial charge in [-0.05, 0) is 44.1 Å². The number of carbonyl (C=O) groups excluding carboxylic acids is 1. The number of rotatable bonds is 5. The Morgan fingerprint density at radius 2 is 1.94 bits per heavy atom. The van der Waals surface area contributed by atoms with Crippen LogP contribution in [0, 0.1) is 17.3 Å². The zero-order chi connectivity index (χ0) is 12.9. The molecule has 1 atom stereocenters. The summed E-state index contributed by atoms with van der Waals surface area (Å²) in [5.74, 6) is 0.943. The lowest BCUT2D eigenvalue weighted by molar-refractivity contribution is -0.124. The van der Waals surface area contributed by atoms with Crippen molar-refractivity contribution in [3.8, 4) is 0 Å². The predicted octanol–water partition coefficient (Wildman–Crippen LogP) is 2.17. The van der Waals surface area contributed by atoms with E-state index < -0.39 is 0 Å². The summed E-state index contributed by atoms with van der Waals surface area (Å²) >= 11 is 0. The van der Waals surface area contributed by atoms with Crippen molar-refractivity contribution in [2.75, 3.05) is 20.1 Å². The van der Waals surface area contributed by atoms with Crippen molar-refractivity contribution in [1.82, 2.24) is 10.6 Å². The first-order chi connectivity index (χ1) is 7.94. The van der Waals surface area contributed by atoms with Crippen molar-refractivity contribution >= 4 is 5.91 Å². The van der Waals surface area contributed by atoms with E-state index in [9.17, 15) is 4.79 Å². The third-order valence-corrected chi connectivity index (χ3v) is 3.98. The summed E-state index contributed by atoms with van der Waals surface area (Å²) in [6.45, 7) is 8.27. The van der Waals surface area contributed by atoms with Gasteiger partial charge in [-0.1, -0.05) is 20.8 Å². The highest BCUT2D eigenvalue weighted by Gasteiger charge is 2.27. The smallest absolute Gasteiger partial charge is 0.224 e. The van der Waals surface area contributed by atoms with Gasteiger partial charge < -0.3 is 10.6 Å². The average molecular weight is 240 g/mol. The molecule has 0 aromatic rings. The van der Waals surface area contributed by atoms with Gasteiger partial charge in [0.2, 0.25) is 5.91 Å². The molecule has 0 aliphatic heterocycles. The molecular formula is C14H28N2O. The van der Waals surface area contributed by atoms with Crippen LogP contribution < -0.4 is 10.6 Å². The first-order valence-electron chi connectivity index (χ1n) is 6.87. The van der Waals surface area contributed by atoms with Gasteiger partial charge in [0.15, 0.2) is 0 Å². The van der Waals surface area contributed by atoms with Crippen LogP contribution in [0.4, 0.5) is 0 Å². The zero-order valence-electron chi connectivity index (χ0n) is 11.8. The summed E-state index contributed by atoms with van der Waals surface area (Å²) in [6.07, 6.45) is 5.10. The van der Waals surface area contributed by atoms with E-state index in [4.69, 9.17) is 0 Å². The monoisotopic (exact) mass is 240 g/mol. The fourth-order valence-corrected chi connectivity index (χ4v) is 2.48. The molecule has 1 aliphatic rings. The Labute approximate surface area is 106 Å². The Kier molecular flexibility index (Phi) is 5.44. The standard InChI is InChI=1S/C14H28N2O/c1-11(9-15-4)13(17)16-10-12-5-7-14(2,3)8-6-12/h11-12,15H,5-10H2,1-4H3,(H,16,17). The topological polar surface area (TPSA) is 41.1 Å². The highest BCUT2D eigenvalue weighted by molar-refractivity contribution is 5.78. The van der Waals surface area contributed by atoms with Gasteiger partial charge in [-0.3, -0.25) is 4.79 Å². The van der Waals surface area contributed by atoms with Crippen molar-refractivity contribution in [2.45, 2.75) is 46.5 Å². The van der Waals surface area contributed by atoms with Crippen molar-refractivity contribution < 1.29 is 4.79 Å². The maximum absolute atomic E-state index is 11.8. The second-order valence-corrected chi connectivity index (χ2v) is 6.31. The molecule has 100 valence electrons. The van der Waals surface area contributed by atoms with E-state index in [2.05, 4.69) is 24.5 Å². The lowest BCUT2D eigenvalue weighted by Crippen LogP contribution is -2.38. The van der Waals surface area contributed by atoms with E-state index in [0.717, 1.165) is 13.1 Å². The molecule has 17 heavy (non-hydrogen) atoms. The van der Waals surface area contributed by atoms with Gasteiger partial charge in [0.05, 0.1) is 0 Å². The molecule has 0 aromatic carbocycles. The van der Waals surface area contributed by atoms with Crippen LogP contribution in [0.15, 0.2) is 0 Å². The molecule has 1 unspecified atom stereocenters. The quantitative estimate of drug-likeness (QED) is 0.773. The molecule has 1 amide bonds. The van der Waals surface area contributed by atoms with E-state index in [0.29, 0.717) is 11.3 Å². The van der Waals surface area contributed by atoms with Crippen LogP contribution in [-0.2, 0) is 4.79 Å². The lowest BCUT2D eigenvalue weighted by Gasteiger charge is -2.34. The highest BCUT2D eigenvalue weighted by Crippen LogP contribution is 2.37. The Morgan fingerprint density at radius 1 is 1.35 bits per heavy atom. The summed E-state index contributed by atoms with van der Waals surface area (Å²) in [6, 6.07) is 0. The Bertz CT molecular complexity index is 241. The summed E-state index contributed by atoms with van der Waals surface area (Å²) in [7, 11) is 1.88. The van der Waals surface area contributed by atoms with Crippen LogP contribution in [-0.4, -0.2) is 26.0 Å². The van der Waals surface area contributed by atoms with Gasteiger partial charge in [0.1, 0.15) is 0 Å². The van der Waals surface area contributed by atoms with E-state index >= 15 is 0 Å². The lowest BCUT2D eigenvalue weighted by atomic mass is 9.73. The highest BCUT2D eigenvalue weighted by atomic mass is 16.1. The van der Waals surface area contributed by atoms with Crippen LogP contribution in [0.5, 0.6) is 0 Å². The molecule has 0 saturated heterocycles. The minimum atomic E-state index is 0.0695. The third kappa shape index (κ3) is 5.07. The minimum Gasteiger partial charge on any atom is -0.356 e. The van der Waals surface area contributed by atoms with Crippen LogP contribution in [0.1, 0.15) is 46.5 Å². The second-order valence-electron chi connectivity index (χ2n) is 6.31. The summed E-state index contributed by atoms with van der Waals surface area (Å²) in [5, 5.41) is 6.12. The van der Waals surface area contributed by atoms with Gasteiger partial charge in [0, 0.05) is 19.0 Å². The first-order valence-corrected chi connectivity index (χ1v) is 6.87. The Morgan fingerprint density at radius 3 is 2.47 bits per heavy atom. The van der Waals surface area contributed by atoms with Gasteiger partial charge in [-0.2, -0.15) is 0 Å². The summed E-state index contributed by atoms with van der Waals surface area (Å²) in [4.78, 5) is 11.8. The SMILES string of the molecule is CNCC(C)C(=O)NCC1CCC(C)(C)CC1. The molecule has 1 rings (SSSR count). The molecule has 3 nitrogen and oxygen atoms in total. The maximum atomic E-state index is 11.8. The van der Waals surface area contributed by atoms with Crippen molar-refractivity contribution in [3.63, 3.8) is 0 Å². The molecule has 0 heterocycles. The van der Waals surface area contributed by atoms with Crippen molar-refractivity contribution in [2.24, 2.45) is 17.3 Å². The Hall–Kier alpha value is -0.570. The molecule has 3 heteroatoms. The largest absolute Gasteiger partial charge is 0.356 e. The molecule has 1 saturated carbocycles. The number of amides is 1. The van der Waals surface area contributed by atoms with Gasteiger partial charge in [-0.25, -0.2) is 0 Å². The molecule has 2 N–H and O–H groups in total. The summed E-state index contributed by atoms with van der Waals surface area (Å²) < 4.78 is 0. The van der Waals surface area contributed by atoms with E-state index in [1.54, 1.807) is 0 Å². The van der Waals surface area contributed by atoms with Gasteiger partial charge in [-0.15, -0.1) is 0 Å². The van der Waals surface area contributed by atoms with Gasteiger partial charge >= 0.3 is 0 Å². The van der Waals surface area contributed by atoms with Crippen LogP contribution >= 0.6 is 0 Å². The number of nitrogens with one attached hydrogen (secondary N) is 2. The van der Waals surface area contributed by atoms with E-state index in [1.807, 2.05) is 14.0 Å². The molecule has 0 bridgehead atoms. The third-order valence-electron chi connectivity index (χ3n) is 3.98. The van der Waals surface area contributed by atoms with Crippen molar-refractivity contribution in [3.05, 3.63) is 0 Å². The van der Waals surface area contributed by atoms with Crippen LogP contribution in [0.2, 0.25) is 0 Å². The van der Waals surface area contributed by atoms with Crippen LogP contribution in [0.25, 0.3) is 0 Å². The molecular weight excluding hydrogens is 212 g/mol. The van der Waals surface area contributed by atoms with Crippen molar-refractivity contribution in [1.29, 1.82) is 0 Å². The number of hydrogen-bond acceptors (Lipinski definition) is 2. The van der Waals surface area contributed by atoms with Gasteiger partial charge in [0.25, 0.3) is 0 Å². The maximum Gasteiger partial charge on any atom is 0.224 e. The first kappa shape index (κ1) is 14.5. The average Bonchev–Trinajstić information content (AvgIpc) is 2.27. The molecule has 0 aromatic heterocycles. The molecule has 1 aliphatic carbocycles. The normalized spacial score (nSPS) is 22.1. The molecule has 0 radical (unpaired) electrons. The van der Waals surface area contributed by atoms with E-state index in [-0.39, 0.29) is 11.8 Å². The van der Waals surface area contributed by atoms with E-state index in [1.165, 1.54) is 25.7 Å².